The van der Waals surface area contributed by atoms with E-state index < -0.39 is 0 Å². The summed E-state index contributed by atoms with van der Waals surface area (Å²) in [5.74, 6) is 6.50. The molecule has 2 rings (SSSR count). The second-order valence-corrected chi connectivity index (χ2v) is 4.76. The van der Waals surface area contributed by atoms with Gasteiger partial charge >= 0.3 is 0 Å². The quantitative estimate of drug-likeness (QED) is 0.503. The first-order chi connectivity index (χ1) is 6.88. The fraction of sp³-hybridized carbons (Fsp3) is 1.00. The molecule has 2 fully saturated rings. The van der Waals surface area contributed by atoms with Gasteiger partial charge in [-0.2, -0.15) is 0 Å². The molecule has 0 spiro atoms. The van der Waals surface area contributed by atoms with E-state index in [1.807, 2.05) is 0 Å². The third-order valence-electron chi connectivity index (χ3n) is 3.41. The molecule has 1 aliphatic carbocycles. The standard InChI is InChI=1S/C11H22N2O/c12-13-10(8-9-3-4-9)5-6-11-2-1-7-14-11/h9-11,13H,1-8,12H2. The minimum Gasteiger partial charge on any atom is -0.378 e. The number of hydrazine groups is 1. The van der Waals surface area contributed by atoms with Crippen molar-refractivity contribution in [1.82, 2.24) is 5.43 Å². The number of ether oxygens (including phenoxy) is 1. The molecular weight excluding hydrogens is 176 g/mol. The summed E-state index contributed by atoms with van der Waals surface area (Å²) in [5, 5.41) is 0. The summed E-state index contributed by atoms with van der Waals surface area (Å²) in [4.78, 5) is 0. The van der Waals surface area contributed by atoms with E-state index in [1.54, 1.807) is 0 Å². The predicted octanol–water partition coefficient (Wildman–Crippen LogP) is 1.58. The molecule has 3 heteroatoms. The van der Waals surface area contributed by atoms with Crippen LogP contribution in [0.5, 0.6) is 0 Å². The van der Waals surface area contributed by atoms with Crippen LogP contribution < -0.4 is 11.3 Å². The van der Waals surface area contributed by atoms with Gasteiger partial charge in [0.1, 0.15) is 0 Å². The Hall–Kier alpha value is -0.120. The maximum atomic E-state index is 5.60. The van der Waals surface area contributed by atoms with Gasteiger partial charge in [0.05, 0.1) is 6.10 Å². The summed E-state index contributed by atoms with van der Waals surface area (Å²) in [6.45, 7) is 0.966. The molecule has 0 aromatic rings. The largest absolute Gasteiger partial charge is 0.378 e. The Balaban J connectivity index is 1.60. The SMILES string of the molecule is NNC(CCC1CCCO1)CC1CC1. The number of nitrogens with two attached hydrogens (primary N) is 1. The molecular formula is C11H22N2O. The number of hydrogen-bond acceptors (Lipinski definition) is 3. The maximum absolute atomic E-state index is 5.60. The maximum Gasteiger partial charge on any atom is 0.0576 e. The van der Waals surface area contributed by atoms with Crippen LogP contribution in [0.2, 0.25) is 0 Å². The summed E-state index contributed by atoms with van der Waals surface area (Å²) in [6, 6.07) is 0.520. The lowest BCUT2D eigenvalue weighted by molar-refractivity contribution is 0.0991. The number of rotatable bonds is 6. The van der Waals surface area contributed by atoms with Crippen LogP contribution >= 0.6 is 0 Å². The first-order valence-electron chi connectivity index (χ1n) is 5.96. The molecule has 1 heterocycles. The normalized spacial score (nSPS) is 29.4. The van der Waals surface area contributed by atoms with Crippen LogP contribution in [0.4, 0.5) is 0 Å². The fourth-order valence-electron chi connectivity index (χ4n) is 2.28. The van der Waals surface area contributed by atoms with Gasteiger partial charge in [-0.15, -0.1) is 0 Å². The van der Waals surface area contributed by atoms with Crippen LogP contribution in [0.15, 0.2) is 0 Å². The molecule has 0 radical (unpaired) electrons. The van der Waals surface area contributed by atoms with Crippen LogP contribution in [-0.4, -0.2) is 18.8 Å². The van der Waals surface area contributed by atoms with Gasteiger partial charge in [-0.3, -0.25) is 11.3 Å². The zero-order valence-electron chi connectivity index (χ0n) is 8.87. The molecule has 2 unspecified atom stereocenters. The van der Waals surface area contributed by atoms with Gasteiger partial charge in [0.2, 0.25) is 0 Å². The van der Waals surface area contributed by atoms with Crippen molar-refractivity contribution >= 4 is 0 Å². The van der Waals surface area contributed by atoms with E-state index in [0.29, 0.717) is 12.1 Å². The lowest BCUT2D eigenvalue weighted by Gasteiger charge is -2.17. The van der Waals surface area contributed by atoms with Crippen molar-refractivity contribution in [1.29, 1.82) is 0 Å². The highest BCUT2D eigenvalue weighted by molar-refractivity contribution is 4.80. The average Bonchev–Trinajstić information content (AvgIpc) is 2.86. The second kappa shape index (κ2) is 5.10. The minimum absolute atomic E-state index is 0.519. The summed E-state index contributed by atoms with van der Waals surface area (Å²) in [6.07, 6.45) is 9.47. The van der Waals surface area contributed by atoms with Gasteiger partial charge in [0.15, 0.2) is 0 Å². The molecule has 1 saturated carbocycles. The molecule has 1 saturated heterocycles. The average molecular weight is 198 g/mol. The monoisotopic (exact) mass is 198 g/mol. The molecule has 0 aromatic heterocycles. The zero-order valence-corrected chi connectivity index (χ0v) is 8.87. The van der Waals surface area contributed by atoms with Crippen molar-refractivity contribution in [3.05, 3.63) is 0 Å². The Labute approximate surface area is 86.4 Å². The lowest BCUT2D eigenvalue weighted by atomic mass is 10.0. The van der Waals surface area contributed by atoms with Crippen molar-refractivity contribution in [3.63, 3.8) is 0 Å². The zero-order chi connectivity index (χ0) is 9.80. The Kier molecular flexibility index (Phi) is 3.79. The number of nitrogens with one attached hydrogen (secondary N) is 1. The van der Waals surface area contributed by atoms with Crippen LogP contribution in [0, 0.1) is 5.92 Å². The van der Waals surface area contributed by atoms with Gasteiger partial charge in [-0.1, -0.05) is 12.8 Å². The van der Waals surface area contributed by atoms with Crippen LogP contribution in [0.1, 0.15) is 44.9 Å². The Bertz CT molecular complexity index is 165. The van der Waals surface area contributed by atoms with Crippen molar-refractivity contribution in [2.24, 2.45) is 11.8 Å². The van der Waals surface area contributed by atoms with Crippen molar-refractivity contribution in [3.8, 4) is 0 Å². The van der Waals surface area contributed by atoms with Gasteiger partial charge in [0, 0.05) is 12.6 Å². The highest BCUT2D eigenvalue weighted by Crippen LogP contribution is 2.34. The summed E-state index contributed by atoms with van der Waals surface area (Å²) in [5.41, 5.74) is 2.94. The molecule has 3 N–H and O–H groups in total. The highest BCUT2D eigenvalue weighted by atomic mass is 16.5. The molecule has 82 valence electrons. The van der Waals surface area contributed by atoms with E-state index in [0.717, 1.165) is 12.5 Å². The lowest BCUT2D eigenvalue weighted by Crippen LogP contribution is -2.36. The molecule has 0 aromatic carbocycles. The molecule has 0 bridgehead atoms. The number of hydrogen-bond donors (Lipinski definition) is 2. The van der Waals surface area contributed by atoms with E-state index >= 15 is 0 Å². The Morgan fingerprint density at radius 1 is 1.36 bits per heavy atom. The summed E-state index contributed by atoms with van der Waals surface area (Å²) >= 11 is 0. The second-order valence-electron chi connectivity index (χ2n) is 4.76. The molecule has 3 nitrogen and oxygen atoms in total. The Morgan fingerprint density at radius 2 is 2.21 bits per heavy atom. The topological polar surface area (TPSA) is 47.3 Å². The first kappa shape index (κ1) is 10.4. The van der Waals surface area contributed by atoms with E-state index in [-0.39, 0.29) is 0 Å². The molecule has 2 atom stereocenters. The summed E-state index contributed by atoms with van der Waals surface area (Å²) in [7, 11) is 0. The Morgan fingerprint density at radius 3 is 2.79 bits per heavy atom. The molecule has 14 heavy (non-hydrogen) atoms. The molecule has 1 aliphatic heterocycles. The fourth-order valence-corrected chi connectivity index (χ4v) is 2.28. The minimum atomic E-state index is 0.519. The van der Waals surface area contributed by atoms with Gasteiger partial charge in [-0.25, -0.2) is 0 Å². The van der Waals surface area contributed by atoms with E-state index in [1.165, 1.54) is 44.9 Å². The van der Waals surface area contributed by atoms with Gasteiger partial charge in [0.25, 0.3) is 0 Å². The van der Waals surface area contributed by atoms with Crippen molar-refractivity contribution in [2.45, 2.75) is 57.1 Å². The van der Waals surface area contributed by atoms with Crippen molar-refractivity contribution in [2.75, 3.05) is 6.61 Å². The van der Waals surface area contributed by atoms with Gasteiger partial charge in [-0.05, 0) is 38.0 Å². The highest BCUT2D eigenvalue weighted by Gasteiger charge is 2.25. The van der Waals surface area contributed by atoms with E-state index in [9.17, 15) is 0 Å². The smallest absolute Gasteiger partial charge is 0.0576 e. The summed E-state index contributed by atoms with van der Waals surface area (Å²) < 4.78 is 5.60. The van der Waals surface area contributed by atoms with Gasteiger partial charge < -0.3 is 4.74 Å². The molecule has 2 aliphatic rings. The van der Waals surface area contributed by atoms with E-state index in [2.05, 4.69) is 5.43 Å². The molecule has 0 amide bonds. The first-order valence-corrected chi connectivity index (χ1v) is 5.96. The third kappa shape index (κ3) is 3.23. The van der Waals surface area contributed by atoms with Crippen LogP contribution in [0.25, 0.3) is 0 Å². The van der Waals surface area contributed by atoms with Crippen LogP contribution in [0.3, 0.4) is 0 Å². The van der Waals surface area contributed by atoms with E-state index in [4.69, 9.17) is 10.6 Å². The van der Waals surface area contributed by atoms with Crippen LogP contribution in [-0.2, 0) is 4.74 Å². The third-order valence-corrected chi connectivity index (χ3v) is 3.41. The van der Waals surface area contributed by atoms with Crippen molar-refractivity contribution < 1.29 is 4.74 Å². The predicted molar refractivity (Wildman–Crippen MR) is 56.7 cm³/mol.